The van der Waals surface area contributed by atoms with Gasteiger partial charge in [-0.1, -0.05) is 6.58 Å². The van der Waals surface area contributed by atoms with Crippen molar-refractivity contribution >= 4 is 5.76 Å². The van der Waals surface area contributed by atoms with Crippen LogP contribution in [-0.4, -0.2) is 15.1 Å². The van der Waals surface area contributed by atoms with E-state index in [-0.39, 0.29) is 11.6 Å². The lowest BCUT2D eigenvalue weighted by molar-refractivity contribution is 0.506. The van der Waals surface area contributed by atoms with Crippen molar-refractivity contribution < 1.29 is 5.11 Å². The summed E-state index contributed by atoms with van der Waals surface area (Å²) in [7, 11) is 0. The second-order valence-electron chi connectivity index (χ2n) is 1.52. The molecule has 0 unspecified atom stereocenters. The Balaban J connectivity index is 2.98. The summed E-state index contributed by atoms with van der Waals surface area (Å²) in [6, 6.07) is 1.67. The van der Waals surface area contributed by atoms with Gasteiger partial charge in [-0.2, -0.15) is 0 Å². The summed E-state index contributed by atoms with van der Waals surface area (Å²) < 4.78 is 0. The summed E-state index contributed by atoms with van der Waals surface area (Å²) in [5, 5.41) is 8.70. The van der Waals surface area contributed by atoms with Gasteiger partial charge in [0.2, 0.25) is 0 Å². The normalized spacial score (nSPS) is 8.89. The molecule has 1 rings (SSSR count). The van der Waals surface area contributed by atoms with E-state index < -0.39 is 0 Å². The predicted octanol–water partition coefficient (Wildman–Crippen LogP) is 1.01. The first-order valence-corrected chi connectivity index (χ1v) is 2.46. The highest BCUT2D eigenvalue weighted by Crippen LogP contribution is 1.97. The van der Waals surface area contributed by atoms with E-state index in [2.05, 4.69) is 16.5 Å². The SMILES string of the molecule is C=C(O)c1ncccn1. The summed E-state index contributed by atoms with van der Waals surface area (Å²) in [5.74, 6) is 0.174. The van der Waals surface area contributed by atoms with Crippen LogP contribution in [0.1, 0.15) is 5.82 Å². The Kier molecular flexibility index (Phi) is 1.44. The fourth-order valence-corrected chi connectivity index (χ4v) is 0.448. The van der Waals surface area contributed by atoms with Crippen LogP contribution in [0.5, 0.6) is 0 Å². The van der Waals surface area contributed by atoms with Gasteiger partial charge in [0.15, 0.2) is 11.6 Å². The molecule has 0 aromatic carbocycles. The molecule has 9 heavy (non-hydrogen) atoms. The minimum absolute atomic E-state index is 0.101. The van der Waals surface area contributed by atoms with Gasteiger partial charge in [0, 0.05) is 12.4 Å². The third-order valence-corrected chi connectivity index (χ3v) is 0.824. The summed E-state index contributed by atoms with van der Waals surface area (Å²) in [4.78, 5) is 7.44. The maximum Gasteiger partial charge on any atom is 0.194 e. The number of hydrogen-bond donors (Lipinski definition) is 1. The van der Waals surface area contributed by atoms with Crippen molar-refractivity contribution in [1.82, 2.24) is 9.97 Å². The van der Waals surface area contributed by atoms with Crippen LogP contribution >= 0.6 is 0 Å². The lowest BCUT2D eigenvalue weighted by Crippen LogP contribution is -1.88. The molecule has 0 amide bonds. The second-order valence-corrected chi connectivity index (χ2v) is 1.52. The maximum atomic E-state index is 8.70. The van der Waals surface area contributed by atoms with Crippen molar-refractivity contribution in [2.75, 3.05) is 0 Å². The van der Waals surface area contributed by atoms with Gasteiger partial charge in [0.05, 0.1) is 0 Å². The Labute approximate surface area is 52.7 Å². The van der Waals surface area contributed by atoms with Crippen LogP contribution in [0.2, 0.25) is 0 Å². The van der Waals surface area contributed by atoms with Gasteiger partial charge in [-0.3, -0.25) is 0 Å². The first-order chi connectivity index (χ1) is 4.30. The largest absolute Gasteiger partial charge is 0.505 e. The lowest BCUT2D eigenvalue weighted by atomic mass is 10.5. The average molecular weight is 122 g/mol. The Morgan fingerprint density at radius 1 is 1.44 bits per heavy atom. The minimum Gasteiger partial charge on any atom is -0.505 e. The molecule has 0 aliphatic rings. The van der Waals surface area contributed by atoms with Gasteiger partial charge in [0.25, 0.3) is 0 Å². The van der Waals surface area contributed by atoms with Crippen LogP contribution in [0.25, 0.3) is 5.76 Å². The van der Waals surface area contributed by atoms with Crippen LogP contribution in [0, 0.1) is 0 Å². The van der Waals surface area contributed by atoms with Crippen molar-refractivity contribution in [3.05, 3.63) is 30.9 Å². The molecule has 0 spiro atoms. The molecule has 46 valence electrons. The Bertz CT molecular complexity index is 208. The van der Waals surface area contributed by atoms with Crippen LogP contribution in [0.3, 0.4) is 0 Å². The highest BCUT2D eigenvalue weighted by atomic mass is 16.3. The predicted molar refractivity (Wildman–Crippen MR) is 33.7 cm³/mol. The zero-order chi connectivity index (χ0) is 6.69. The fourth-order valence-electron chi connectivity index (χ4n) is 0.448. The molecule has 0 fully saturated rings. The lowest BCUT2D eigenvalue weighted by Gasteiger charge is -1.91. The number of aliphatic hydroxyl groups is 1. The first-order valence-electron chi connectivity index (χ1n) is 2.46. The van der Waals surface area contributed by atoms with Gasteiger partial charge in [-0.25, -0.2) is 9.97 Å². The fraction of sp³-hybridized carbons (Fsp3) is 0. The van der Waals surface area contributed by atoms with Crippen molar-refractivity contribution in [2.24, 2.45) is 0 Å². The van der Waals surface area contributed by atoms with Crippen molar-refractivity contribution in [3.8, 4) is 0 Å². The standard InChI is InChI=1S/C6H6N2O/c1-5(9)6-7-3-2-4-8-6/h2-4,9H,1H2. The Hall–Kier alpha value is -1.38. The molecule has 1 aromatic rings. The van der Waals surface area contributed by atoms with Gasteiger partial charge in [0.1, 0.15) is 0 Å². The zero-order valence-electron chi connectivity index (χ0n) is 4.78. The molecular weight excluding hydrogens is 116 g/mol. The molecule has 0 saturated heterocycles. The van der Waals surface area contributed by atoms with Gasteiger partial charge in [-0.15, -0.1) is 0 Å². The molecule has 1 N–H and O–H groups in total. The highest BCUT2D eigenvalue weighted by Gasteiger charge is 1.93. The van der Waals surface area contributed by atoms with Gasteiger partial charge in [-0.05, 0) is 6.07 Å². The van der Waals surface area contributed by atoms with E-state index in [0.29, 0.717) is 0 Å². The smallest absolute Gasteiger partial charge is 0.194 e. The number of rotatable bonds is 1. The summed E-state index contributed by atoms with van der Waals surface area (Å²) in [6.07, 6.45) is 3.09. The van der Waals surface area contributed by atoms with Crippen LogP contribution < -0.4 is 0 Å². The van der Waals surface area contributed by atoms with E-state index in [9.17, 15) is 0 Å². The van der Waals surface area contributed by atoms with E-state index in [4.69, 9.17) is 5.11 Å². The molecule has 0 saturated carbocycles. The molecule has 3 heteroatoms. The summed E-state index contributed by atoms with van der Waals surface area (Å²) in [6.45, 7) is 3.26. The molecule has 0 radical (unpaired) electrons. The quantitative estimate of drug-likeness (QED) is 0.565. The van der Waals surface area contributed by atoms with Crippen molar-refractivity contribution in [2.45, 2.75) is 0 Å². The van der Waals surface area contributed by atoms with Crippen LogP contribution in [0.15, 0.2) is 25.0 Å². The van der Waals surface area contributed by atoms with Crippen molar-refractivity contribution in [3.63, 3.8) is 0 Å². The van der Waals surface area contributed by atoms with E-state index in [0.717, 1.165) is 0 Å². The van der Waals surface area contributed by atoms with E-state index in [1.165, 1.54) is 0 Å². The molecular formula is C6H6N2O. The highest BCUT2D eigenvalue weighted by molar-refractivity contribution is 5.46. The molecule has 0 aliphatic carbocycles. The maximum absolute atomic E-state index is 8.70. The molecule has 1 aromatic heterocycles. The number of aliphatic hydroxyl groups excluding tert-OH is 1. The third kappa shape index (κ3) is 1.25. The van der Waals surface area contributed by atoms with E-state index in [1.54, 1.807) is 18.5 Å². The first kappa shape index (κ1) is 5.75. The molecule has 0 bridgehead atoms. The van der Waals surface area contributed by atoms with Crippen molar-refractivity contribution in [1.29, 1.82) is 0 Å². The Morgan fingerprint density at radius 2 is 2.00 bits per heavy atom. The third-order valence-electron chi connectivity index (χ3n) is 0.824. The summed E-state index contributed by atoms with van der Waals surface area (Å²) in [5.41, 5.74) is 0. The van der Waals surface area contributed by atoms with Crippen LogP contribution in [0.4, 0.5) is 0 Å². The minimum atomic E-state index is -0.101. The topological polar surface area (TPSA) is 46.0 Å². The average Bonchev–Trinajstić information content (AvgIpc) is 1.90. The second kappa shape index (κ2) is 2.26. The molecule has 0 aliphatic heterocycles. The van der Waals surface area contributed by atoms with Crippen LogP contribution in [-0.2, 0) is 0 Å². The van der Waals surface area contributed by atoms with Gasteiger partial charge < -0.3 is 5.11 Å². The molecule has 3 nitrogen and oxygen atoms in total. The zero-order valence-corrected chi connectivity index (χ0v) is 4.78. The number of hydrogen-bond acceptors (Lipinski definition) is 3. The Morgan fingerprint density at radius 3 is 2.33 bits per heavy atom. The van der Waals surface area contributed by atoms with E-state index >= 15 is 0 Å². The summed E-state index contributed by atoms with van der Waals surface area (Å²) >= 11 is 0. The monoisotopic (exact) mass is 122 g/mol. The molecule has 0 atom stereocenters. The number of nitrogens with zero attached hydrogens (tertiary/aromatic N) is 2. The molecule has 1 heterocycles. The van der Waals surface area contributed by atoms with E-state index in [1.807, 2.05) is 0 Å². The number of aromatic nitrogens is 2. The van der Waals surface area contributed by atoms with Gasteiger partial charge >= 0.3 is 0 Å².